The number of ether oxygens (including phenoxy) is 1. The molecule has 8 heteroatoms. The van der Waals surface area contributed by atoms with Crippen molar-refractivity contribution < 1.29 is 14.3 Å². The smallest absolute Gasteiger partial charge is 0.277 e. The quantitative estimate of drug-likeness (QED) is 0.336. The third-order valence-electron chi connectivity index (χ3n) is 3.85. The highest BCUT2D eigenvalue weighted by Crippen LogP contribution is 2.27. The lowest BCUT2D eigenvalue weighted by Crippen LogP contribution is -2.29. The van der Waals surface area contributed by atoms with Gasteiger partial charge in [0.15, 0.2) is 6.61 Å². The van der Waals surface area contributed by atoms with Crippen LogP contribution in [0.25, 0.3) is 0 Å². The lowest BCUT2D eigenvalue weighted by Gasteiger charge is -2.08. The maximum Gasteiger partial charge on any atom is 0.277 e. The van der Waals surface area contributed by atoms with E-state index in [4.69, 9.17) is 27.9 Å². The zero-order chi connectivity index (χ0) is 21.1. The van der Waals surface area contributed by atoms with Gasteiger partial charge in [-0.05, 0) is 43.5 Å². The van der Waals surface area contributed by atoms with E-state index in [1.54, 1.807) is 19.1 Å². The summed E-state index contributed by atoms with van der Waals surface area (Å²) in [4.78, 5) is 23.7. The van der Waals surface area contributed by atoms with Crippen LogP contribution in [-0.4, -0.2) is 30.7 Å². The monoisotopic (exact) mass is 435 g/mol. The van der Waals surface area contributed by atoms with Gasteiger partial charge >= 0.3 is 0 Å². The van der Waals surface area contributed by atoms with Crippen LogP contribution < -0.4 is 15.5 Å². The van der Waals surface area contributed by atoms with Crippen molar-refractivity contribution in [3.8, 4) is 5.75 Å². The minimum Gasteiger partial charge on any atom is -0.482 e. The standard InChI is InChI=1S/C21H23Cl2N3O3/c1-15(12-20(27)24-11-5-8-16-6-3-2-4-7-16)25-26-21(28)14-29-19-10-9-17(22)13-18(19)23/h2-4,6-7,9-10,13H,5,8,11-12,14H2,1H3,(H,24,27)(H,26,28)/b25-15+. The Morgan fingerprint density at radius 1 is 1.07 bits per heavy atom. The Kier molecular flexibility index (Phi) is 9.47. The SMILES string of the molecule is C/C(CC(=O)NCCCc1ccccc1)=N\NC(=O)COc1ccc(Cl)cc1Cl. The number of rotatable bonds is 10. The van der Waals surface area contributed by atoms with E-state index >= 15 is 0 Å². The fourth-order valence-corrected chi connectivity index (χ4v) is 2.89. The number of carbonyl (C=O) groups excluding carboxylic acids is 2. The summed E-state index contributed by atoms with van der Waals surface area (Å²) in [6.07, 6.45) is 1.87. The fourth-order valence-electron chi connectivity index (χ4n) is 2.43. The van der Waals surface area contributed by atoms with Gasteiger partial charge in [-0.15, -0.1) is 0 Å². The third-order valence-corrected chi connectivity index (χ3v) is 4.38. The Labute approximate surface area is 180 Å². The number of nitrogens with zero attached hydrogens (tertiary/aromatic N) is 1. The summed E-state index contributed by atoms with van der Waals surface area (Å²) >= 11 is 11.8. The van der Waals surface area contributed by atoms with E-state index in [1.807, 2.05) is 18.2 Å². The molecule has 0 aromatic heterocycles. The molecule has 2 aromatic carbocycles. The topological polar surface area (TPSA) is 79.8 Å². The van der Waals surface area contributed by atoms with Crippen LogP contribution in [0.2, 0.25) is 10.0 Å². The molecule has 0 unspecified atom stereocenters. The molecule has 154 valence electrons. The second-order valence-electron chi connectivity index (χ2n) is 6.36. The number of hydrazone groups is 1. The van der Waals surface area contributed by atoms with Gasteiger partial charge in [-0.3, -0.25) is 9.59 Å². The van der Waals surface area contributed by atoms with Crippen LogP contribution >= 0.6 is 23.2 Å². The summed E-state index contributed by atoms with van der Waals surface area (Å²) in [5, 5.41) is 7.55. The second kappa shape index (κ2) is 12.1. The van der Waals surface area contributed by atoms with Gasteiger partial charge in [0.25, 0.3) is 5.91 Å². The Hall–Kier alpha value is -2.57. The van der Waals surface area contributed by atoms with Crippen LogP contribution in [-0.2, 0) is 16.0 Å². The first-order chi connectivity index (χ1) is 13.9. The molecule has 2 aromatic rings. The van der Waals surface area contributed by atoms with Crippen molar-refractivity contribution >= 4 is 40.7 Å². The summed E-state index contributed by atoms with van der Waals surface area (Å²) in [6.45, 7) is 1.99. The van der Waals surface area contributed by atoms with Crippen LogP contribution in [0.5, 0.6) is 5.75 Å². The normalized spacial score (nSPS) is 11.1. The van der Waals surface area contributed by atoms with E-state index in [0.29, 0.717) is 28.1 Å². The number of benzene rings is 2. The highest BCUT2D eigenvalue weighted by Gasteiger charge is 2.07. The molecule has 0 heterocycles. The Morgan fingerprint density at radius 3 is 2.55 bits per heavy atom. The van der Waals surface area contributed by atoms with E-state index in [1.165, 1.54) is 11.6 Å². The van der Waals surface area contributed by atoms with Crippen molar-refractivity contribution in [3.05, 3.63) is 64.1 Å². The zero-order valence-electron chi connectivity index (χ0n) is 16.1. The van der Waals surface area contributed by atoms with E-state index in [9.17, 15) is 9.59 Å². The molecule has 2 N–H and O–H groups in total. The van der Waals surface area contributed by atoms with Crippen molar-refractivity contribution in [2.24, 2.45) is 5.10 Å². The summed E-state index contributed by atoms with van der Waals surface area (Å²) in [5.74, 6) is -0.252. The molecule has 2 rings (SSSR count). The third kappa shape index (κ3) is 8.98. The average Bonchev–Trinajstić information content (AvgIpc) is 2.70. The molecule has 0 aliphatic carbocycles. The highest BCUT2D eigenvalue weighted by molar-refractivity contribution is 6.35. The molecular formula is C21H23Cl2N3O3. The summed E-state index contributed by atoms with van der Waals surface area (Å²) in [7, 11) is 0. The van der Waals surface area contributed by atoms with Gasteiger partial charge in [-0.1, -0.05) is 53.5 Å². The van der Waals surface area contributed by atoms with E-state index in [0.717, 1.165) is 12.8 Å². The van der Waals surface area contributed by atoms with Crippen LogP contribution in [0, 0.1) is 0 Å². The summed E-state index contributed by atoms with van der Waals surface area (Å²) in [6, 6.07) is 14.8. The molecular weight excluding hydrogens is 413 g/mol. The molecule has 29 heavy (non-hydrogen) atoms. The molecule has 2 amide bonds. The summed E-state index contributed by atoms with van der Waals surface area (Å²) in [5.41, 5.74) is 4.08. The molecule has 0 spiro atoms. The average molecular weight is 436 g/mol. The molecule has 0 radical (unpaired) electrons. The van der Waals surface area contributed by atoms with E-state index in [-0.39, 0.29) is 18.9 Å². The van der Waals surface area contributed by atoms with Crippen LogP contribution in [0.4, 0.5) is 0 Å². The van der Waals surface area contributed by atoms with Crippen molar-refractivity contribution in [1.82, 2.24) is 10.7 Å². The molecule has 0 saturated carbocycles. The number of nitrogens with one attached hydrogen (secondary N) is 2. The minimum absolute atomic E-state index is 0.107. The van der Waals surface area contributed by atoms with Gasteiger partial charge < -0.3 is 10.1 Å². The highest BCUT2D eigenvalue weighted by atomic mass is 35.5. The molecule has 0 fully saturated rings. The molecule has 0 saturated heterocycles. The Balaban J connectivity index is 1.63. The predicted octanol–water partition coefficient (Wildman–Crippen LogP) is 4.00. The van der Waals surface area contributed by atoms with Gasteiger partial charge in [-0.25, -0.2) is 5.43 Å². The number of aryl methyl sites for hydroxylation is 1. The maximum atomic E-state index is 11.9. The first kappa shape index (κ1) is 22.7. The van der Waals surface area contributed by atoms with Gasteiger partial charge in [0.2, 0.25) is 5.91 Å². The van der Waals surface area contributed by atoms with Crippen LogP contribution in [0.15, 0.2) is 53.6 Å². The molecule has 0 aliphatic rings. The minimum atomic E-state index is -0.460. The summed E-state index contributed by atoms with van der Waals surface area (Å²) < 4.78 is 5.32. The van der Waals surface area contributed by atoms with Gasteiger partial charge in [0.05, 0.1) is 11.4 Å². The molecule has 6 nitrogen and oxygen atoms in total. The number of carbonyl (C=O) groups is 2. The van der Waals surface area contributed by atoms with Crippen molar-refractivity contribution in [1.29, 1.82) is 0 Å². The lowest BCUT2D eigenvalue weighted by atomic mass is 10.1. The van der Waals surface area contributed by atoms with Gasteiger partial charge in [-0.2, -0.15) is 5.10 Å². The predicted molar refractivity (Wildman–Crippen MR) is 116 cm³/mol. The van der Waals surface area contributed by atoms with Gasteiger partial charge in [0.1, 0.15) is 5.75 Å². The molecule has 0 atom stereocenters. The van der Waals surface area contributed by atoms with Crippen LogP contribution in [0.1, 0.15) is 25.3 Å². The van der Waals surface area contributed by atoms with E-state index < -0.39 is 5.91 Å². The fraction of sp³-hybridized carbons (Fsp3) is 0.286. The number of hydrogen-bond acceptors (Lipinski definition) is 4. The Bertz CT molecular complexity index is 858. The molecule has 0 aliphatic heterocycles. The molecule has 0 bridgehead atoms. The van der Waals surface area contributed by atoms with Crippen LogP contribution in [0.3, 0.4) is 0 Å². The zero-order valence-corrected chi connectivity index (χ0v) is 17.6. The van der Waals surface area contributed by atoms with Gasteiger partial charge in [0, 0.05) is 17.3 Å². The van der Waals surface area contributed by atoms with Crippen molar-refractivity contribution in [2.75, 3.05) is 13.2 Å². The lowest BCUT2D eigenvalue weighted by molar-refractivity contribution is -0.123. The number of hydrogen-bond donors (Lipinski definition) is 2. The first-order valence-electron chi connectivity index (χ1n) is 9.14. The largest absolute Gasteiger partial charge is 0.482 e. The second-order valence-corrected chi connectivity index (χ2v) is 7.20. The number of halogens is 2. The van der Waals surface area contributed by atoms with Crippen molar-refractivity contribution in [3.63, 3.8) is 0 Å². The van der Waals surface area contributed by atoms with Crippen molar-refractivity contribution in [2.45, 2.75) is 26.2 Å². The Morgan fingerprint density at radius 2 is 1.83 bits per heavy atom. The maximum absolute atomic E-state index is 11.9. The first-order valence-corrected chi connectivity index (χ1v) is 9.90. The van der Waals surface area contributed by atoms with E-state index in [2.05, 4.69) is 28.0 Å². The number of amides is 2.